The monoisotopic (exact) mass is 464 g/mol. The zero-order valence-corrected chi connectivity index (χ0v) is 15.8. The van der Waals surface area contributed by atoms with E-state index in [2.05, 4.69) is 52.1 Å². The minimum absolute atomic E-state index is 0.940. The molecule has 0 bridgehead atoms. The van der Waals surface area contributed by atoms with Crippen LogP contribution >= 0.6 is 45.2 Å². The third-order valence-electron chi connectivity index (χ3n) is 3.27. The van der Waals surface area contributed by atoms with Crippen molar-refractivity contribution in [3.05, 3.63) is 0 Å². The van der Waals surface area contributed by atoms with E-state index in [9.17, 15) is 0 Å². The largest absolute Gasteiger partial charge is 0.0864 e. The van der Waals surface area contributed by atoms with Gasteiger partial charge < -0.3 is 0 Å². The molecule has 0 spiro atoms. The molecule has 1 unspecified atom stereocenters. The molecule has 0 saturated heterocycles. The predicted molar refractivity (Wildman–Crippen MR) is 97.8 cm³/mol. The Morgan fingerprint density at radius 2 is 1.18 bits per heavy atom. The lowest BCUT2D eigenvalue weighted by atomic mass is 10.0. The molecule has 0 aromatic carbocycles. The maximum Gasteiger partial charge on any atom is 0.0110 e. The molecule has 17 heavy (non-hydrogen) atoms. The van der Waals surface area contributed by atoms with Gasteiger partial charge in [-0.25, -0.2) is 0 Å². The highest BCUT2D eigenvalue weighted by Gasteiger charge is 2.03. The number of alkyl halides is 2. The second-order valence-electron chi connectivity index (χ2n) is 5.05. The molecular formula is C15H30I2. The van der Waals surface area contributed by atoms with Gasteiger partial charge in [0.05, 0.1) is 0 Å². The van der Waals surface area contributed by atoms with Gasteiger partial charge in [-0.1, -0.05) is 110 Å². The van der Waals surface area contributed by atoms with Gasteiger partial charge in [-0.05, 0) is 23.7 Å². The van der Waals surface area contributed by atoms with E-state index in [1.165, 1.54) is 81.5 Å². The van der Waals surface area contributed by atoms with Gasteiger partial charge in [0, 0.05) is 3.92 Å². The lowest BCUT2D eigenvalue weighted by molar-refractivity contribution is 0.554. The van der Waals surface area contributed by atoms with E-state index in [4.69, 9.17) is 0 Å². The van der Waals surface area contributed by atoms with Crippen LogP contribution in [0.25, 0.3) is 0 Å². The van der Waals surface area contributed by atoms with Crippen LogP contribution in [0.4, 0.5) is 0 Å². The van der Waals surface area contributed by atoms with Crippen LogP contribution in [0.5, 0.6) is 0 Å². The van der Waals surface area contributed by atoms with Crippen molar-refractivity contribution >= 4 is 45.2 Å². The van der Waals surface area contributed by atoms with E-state index in [1.54, 1.807) is 0 Å². The SMILES string of the molecule is CCCCCCCCCCC(I)CCCCI. The molecule has 0 aromatic rings. The minimum atomic E-state index is 0.940. The summed E-state index contributed by atoms with van der Waals surface area (Å²) in [6, 6.07) is 0. The van der Waals surface area contributed by atoms with Crippen LogP contribution in [0.2, 0.25) is 0 Å². The van der Waals surface area contributed by atoms with Gasteiger partial charge in [-0.2, -0.15) is 0 Å². The third kappa shape index (κ3) is 15.4. The molecule has 0 aliphatic rings. The highest BCUT2D eigenvalue weighted by atomic mass is 127. The molecule has 0 radical (unpaired) electrons. The second-order valence-corrected chi connectivity index (χ2v) is 7.89. The highest BCUT2D eigenvalue weighted by molar-refractivity contribution is 14.1. The molecule has 0 aromatic heterocycles. The quantitative estimate of drug-likeness (QED) is 0.158. The fourth-order valence-corrected chi connectivity index (χ4v) is 3.52. The third-order valence-corrected chi connectivity index (χ3v) is 5.28. The van der Waals surface area contributed by atoms with Crippen molar-refractivity contribution in [3.8, 4) is 0 Å². The summed E-state index contributed by atoms with van der Waals surface area (Å²) in [5.74, 6) is 0. The van der Waals surface area contributed by atoms with Gasteiger partial charge in [-0.3, -0.25) is 0 Å². The summed E-state index contributed by atoms with van der Waals surface area (Å²) in [6.07, 6.45) is 17.4. The fourth-order valence-electron chi connectivity index (χ4n) is 2.10. The molecule has 0 amide bonds. The first kappa shape index (κ1) is 18.5. The number of halogens is 2. The van der Waals surface area contributed by atoms with E-state index >= 15 is 0 Å². The van der Waals surface area contributed by atoms with Gasteiger partial charge in [-0.15, -0.1) is 0 Å². The van der Waals surface area contributed by atoms with E-state index < -0.39 is 0 Å². The van der Waals surface area contributed by atoms with Gasteiger partial charge in [0.15, 0.2) is 0 Å². The van der Waals surface area contributed by atoms with Crippen LogP contribution in [-0.2, 0) is 0 Å². The first-order chi connectivity index (χ1) is 8.31. The average molecular weight is 464 g/mol. The van der Waals surface area contributed by atoms with E-state index in [0.29, 0.717) is 0 Å². The summed E-state index contributed by atoms with van der Waals surface area (Å²) >= 11 is 5.14. The predicted octanol–water partition coefficient (Wildman–Crippen LogP) is 6.93. The Kier molecular flexibility index (Phi) is 16.8. The van der Waals surface area contributed by atoms with Crippen molar-refractivity contribution in [1.82, 2.24) is 0 Å². The van der Waals surface area contributed by atoms with Crippen LogP contribution in [-0.4, -0.2) is 8.35 Å². The molecule has 0 aliphatic carbocycles. The average Bonchev–Trinajstić information content (AvgIpc) is 2.33. The Balaban J connectivity index is 3.05. The van der Waals surface area contributed by atoms with Crippen molar-refractivity contribution < 1.29 is 0 Å². The van der Waals surface area contributed by atoms with Crippen LogP contribution in [0.1, 0.15) is 84.0 Å². The lowest BCUT2D eigenvalue weighted by Gasteiger charge is -2.08. The Morgan fingerprint density at radius 1 is 0.706 bits per heavy atom. The number of hydrogen-bond donors (Lipinski definition) is 0. The van der Waals surface area contributed by atoms with E-state index in [1.807, 2.05) is 0 Å². The number of hydrogen-bond acceptors (Lipinski definition) is 0. The van der Waals surface area contributed by atoms with Gasteiger partial charge >= 0.3 is 0 Å². The van der Waals surface area contributed by atoms with Crippen molar-refractivity contribution in [1.29, 1.82) is 0 Å². The summed E-state index contributed by atoms with van der Waals surface area (Å²) in [5, 5.41) is 0. The standard InChI is InChI=1S/C15H30I2/c1-2-3-4-5-6-7-8-9-12-15(17)13-10-11-14-16/h15H,2-14H2,1H3. The van der Waals surface area contributed by atoms with Gasteiger partial charge in [0.25, 0.3) is 0 Å². The Labute approximate surface area is 136 Å². The second kappa shape index (κ2) is 15.5. The van der Waals surface area contributed by atoms with E-state index in [0.717, 1.165) is 3.92 Å². The zero-order valence-electron chi connectivity index (χ0n) is 11.5. The topological polar surface area (TPSA) is 0 Å². The molecule has 0 nitrogen and oxygen atoms in total. The summed E-state index contributed by atoms with van der Waals surface area (Å²) in [6.45, 7) is 2.29. The Morgan fingerprint density at radius 3 is 1.71 bits per heavy atom. The van der Waals surface area contributed by atoms with Crippen LogP contribution in [0.15, 0.2) is 0 Å². The fraction of sp³-hybridized carbons (Fsp3) is 1.00. The highest BCUT2D eigenvalue weighted by Crippen LogP contribution is 2.19. The Hall–Kier alpha value is 1.46. The molecule has 2 heteroatoms. The summed E-state index contributed by atoms with van der Waals surface area (Å²) < 4.78 is 2.27. The van der Waals surface area contributed by atoms with E-state index in [-0.39, 0.29) is 0 Å². The van der Waals surface area contributed by atoms with Crippen molar-refractivity contribution in [3.63, 3.8) is 0 Å². The molecule has 1 atom stereocenters. The lowest BCUT2D eigenvalue weighted by Crippen LogP contribution is -1.97. The molecule has 0 heterocycles. The Bertz CT molecular complexity index is 137. The molecule has 0 rings (SSSR count). The number of unbranched alkanes of at least 4 members (excludes halogenated alkanes) is 8. The molecule has 0 N–H and O–H groups in total. The molecule has 0 saturated carbocycles. The number of rotatable bonds is 13. The van der Waals surface area contributed by atoms with Gasteiger partial charge in [0.1, 0.15) is 0 Å². The molecule has 0 fully saturated rings. The van der Waals surface area contributed by atoms with Crippen LogP contribution < -0.4 is 0 Å². The molecule has 104 valence electrons. The first-order valence-corrected chi connectivity index (χ1v) is 10.3. The van der Waals surface area contributed by atoms with Gasteiger partial charge in [0.2, 0.25) is 0 Å². The first-order valence-electron chi connectivity index (χ1n) is 7.51. The van der Waals surface area contributed by atoms with Crippen molar-refractivity contribution in [2.75, 3.05) is 4.43 Å². The summed E-state index contributed by atoms with van der Waals surface area (Å²) in [5.41, 5.74) is 0. The normalized spacial score (nSPS) is 12.9. The maximum absolute atomic E-state index is 2.66. The van der Waals surface area contributed by atoms with Crippen molar-refractivity contribution in [2.24, 2.45) is 0 Å². The summed E-state index contributed by atoms with van der Waals surface area (Å²) in [7, 11) is 0. The van der Waals surface area contributed by atoms with Crippen molar-refractivity contribution in [2.45, 2.75) is 87.9 Å². The van der Waals surface area contributed by atoms with Crippen LogP contribution in [0.3, 0.4) is 0 Å². The smallest absolute Gasteiger partial charge is 0.0110 e. The molecular weight excluding hydrogens is 434 g/mol. The van der Waals surface area contributed by atoms with Crippen LogP contribution in [0, 0.1) is 0 Å². The minimum Gasteiger partial charge on any atom is -0.0864 e. The summed E-state index contributed by atoms with van der Waals surface area (Å²) in [4.78, 5) is 0. The zero-order chi connectivity index (χ0) is 12.8. The molecule has 0 aliphatic heterocycles. The maximum atomic E-state index is 2.66.